The summed E-state index contributed by atoms with van der Waals surface area (Å²) in [6.07, 6.45) is 0. The zero-order valence-electron chi connectivity index (χ0n) is 6.46. The molecule has 0 radical (unpaired) electrons. The zero-order chi connectivity index (χ0) is 8.97. The molecular formula is C7H6N4S. The van der Waals surface area contributed by atoms with E-state index in [1.54, 1.807) is 6.92 Å². The molecule has 0 aliphatic rings. The Morgan fingerprint density at radius 1 is 1.58 bits per heavy atom. The molecule has 0 fully saturated rings. The largest absolute Gasteiger partial charge is 0.362 e. The fourth-order valence-electron chi connectivity index (χ4n) is 0.742. The molecule has 5 heteroatoms. The van der Waals surface area contributed by atoms with Crippen molar-refractivity contribution in [2.24, 2.45) is 0 Å². The Hall–Kier alpha value is -1.59. The summed E-state index contributed by atoms with van der Waals surface area (Å²) < 4.78 is 3.99. The molecule has 4 nitrogen and oxygen atoms in total. The van der Waals surface area contributed by atoms with Gasteiger partial charge in [-0.3, -0.25) is 0 Å². The Kier molecular flexibility index (Phi) is 2.62. The Labute approximate surface area is 74.2 Å². The average molecular weight is 178 g/mol. The maximum absolute atomic E-state index is 8.68. The van der Waals surface area contributed by atoms with Crippen molar-refractivity contribution in [3.8, 4) is 12.1 Å². The van der Waals surface area contributed by atoms with Crippen LogP contribution in [0.4, 0.5) is 5.00 Å². The van der Waals surface area contributed by atoms with Crippen LogP contribution in [0.1, 0.15) is 11.3 Å². The highest BCUT2D eigenvalue weighted by atomic mass is 32.1. The van der Waals surface area contributed by atoms with E-state index in [0.29, 0.717) is 16.3 Å². The molecule has 1 rings (SSSR count). The maximum Gasteiger partial charge on any atom is 0.128 e. The predicted octanol–water partition coefficient (Wildman–Crippen LogP) is 1.26. The summed E-state index contributed by atoms with van der Waals surface area (Å²) in [5.41, 5.74) is 1.25. The third-order valence-electron chi connectivity index (χ3n) is 1.30. The first kappa shape index (κ1) is 8.51. The molecule has 1 aromatic heterocycles. The number of nitriles is 2. The van der Waals surface area contributed by atoms with E-state index in [4.69, 9.17) is 10.5 Å². The topological polar surface area (TPSA) is 72.5 Å². The lowest BCUT2D eigenvalue weighted by Gasteiger charge is -1.94. The first-order valence-corrected chi connectivity index (χ1v) is 4.04. The van der Waals surface area contributed by atoms with Crippen LogP contribution in [0, 0.1) is 29.6 Å². The summed E-state index contributed by atoms with van der Waals surface area (Å²) in [5.74, 6) is 0. The van der Waals surface area contributed by atoms with Crippen LogP contribution in [0.5, 0.6) is 0 Å². The number of rotatable bonds is 2. The smallest absolute Gasteiger partial charge is 0.128 e. The van der Waals surface area contributed by atoms with Gasteiger partial charge in [0.15, 0.2) is 0 Å². The van der Waals surface area contributed by atoms with E-state index in [9.17, 15) is 0 Å². The van der Waals surface area contributed by atoms with Crippen LogP contribution < -0.4 is 5.32 Å². The monoisotopic (exact) mass is 178 g/mol. The fourth-order valence-corrected chi connectivity index (χ4v) is 1.48. The quantitative estimate of drug-likeness (QED) is 0.692. The second-order valence-corrected chi connectivity index (χ2v) is 2.87. The minimum Gasteiger partial charge on any atom is -0.362 e. The lowest BCUT2D eigenvalue weighted by atomic mass is 10.3. The molecule has 1 heterocycles. The van der Waals surface area contributed by atoms with Crippen molar-refractivity contribution in [3.05, 3.63) is 11.3 Å². The Bertz CT molecular complexity index is 354. The average Bonchev–Trinajstić information content (AvgIpc) is 2.43. The standard InChI is InChI=1S/C7H6N4S/c1-5-6(4-9)7(12-11-5)10-3-2-8/h10H,3H2,1H3. The van der Waals surface area contributed by atoms with Gasteiger partial charge in [-0.15, -0.1) is 0 Å². The van der Waals surface area contributed by atoms with Gasteiger partial charge in [-0.1, -0.05) is 0 Å². The van der Waals surface area contributed by atoms with E-state index in [0.717, 1.165) is 0 Å². The van der Waals surface area contributed by atoms with E-state index in [1.165, 1.54) is 11.5 Å². The van der Waals surface area contributed by atoms with Gasteiger partial charge in [-0.2, -0.15) is 14.9 Å². The van der Waals surface area contributed by atoms with Crippen LogP contribution in [0.3, 0.4) is 0 Å². The molecule has 0 amide bonds. The summed E-state index contributed by atoms with van der Waals surface area (Å²) in [6.45, 7) is 1.98. The van der Waals surface area contributed by atoms with E-state index < -0.39 is 0 Å². The van der Waals surface area contributed by atoms with Crippen molar-refractivity contribution < 1.29 is 0 Å². The molecule has 0 aliphatic heterocycles. The van der Waals surface area contributed by atoms with Crippen LogP contribution in [0.25, 0.3) is 0 Å². The molecule has 0 aromatic carbocycles. The summed E-state index contributed by atoms with van der Waals surface area (Å²) >= 11 is 1.21. The molecule has 0 bridgehead atoms. The number of aromatic nitrogens is 1. The third-order valence-corrected chi connectivity index (χ3v) is 2.20. The van der Waals surface area contributed by atoms with Crippen molar-refractivity contribution in [3.63, 3.8) is 0 Å². The van der Waals surface area contributed by atoms with Crippen molar-refractivity contribution in [2.45, 2.75) is 6.92 Å². The Morgan fingerprint density at radius 3 is 2.92 bits per heavy atom. The summed E-state index contributed by atoms with van der Waals surface area (Å²) in [7, 11) is 0. The molecule has 12 heavy (non-hydrogen) atoms. The number of hydrogen-bond acceptors (Lipinski definition) is 5. The molecule has 1 aromatic rings. The van der Waals surface area contributed by atoms with Gasteiger partial charge in [0.1, 0.15) is 23.2 Å². The molecule has 1 N–H and O–H groups in total. The van der Waals surface area contributed by atoms with Gasteiger partial charge < -0.3 is 5.32 Å². The van der Waals surface area contributed by atoms with Gasteiger partial charge in [0.05, 0.1) is 11.8 Å². The Morgan fingerprint density at radius 2 is 2.33 bits per heavy atom. The van der Waals surface area contributed by atoms with Crippen molar-refractivity contribution in [2.75, 3.05) is 11.9 Å². The molecular weight excluding hydrogens is 172 g/mol. The highest BCUT2D eigenvalue weighted by Gasteiger charge is 2.08. The third kappa shape index (κ3) is 1.52. The van der Waals surface area contributed by atoms with Crippen LogP contribution in [0.2, 0.25) is 0 Å². The van der Waals surface area contributed by atoms with Crippen LogP contribution >= 0.6 is 11.5 Å². The molecule has 0 spiro atoms. The van der Waals surface area contributed by atoms with E-state index in [2.05, 4.69) is 9.69 Å². The van der Waals surface area contributed by atoms with Gasteiger partial charge >= 0.3 is 0 Å². The van der Waals surface area contributed by atoms with E-state index >= 15 is 0 Å². The van der Waals surface area contributed by atoms with E-state index in [-0.39, 0.29) is 6.54 Å². The molecule has 60 valence electrons. The normalized spacial score (nSPS) is 8.58. The second-order valence-electron chi connectivity index (χ2n) is 2.10. The van der Waals surface area contributed by atoms with Crippen molar-refractivity contribution in [1.29, 1.82) is 10.5 Å². The van der Waals surface area contributed by atoms with Gasteiger partial charge in [-0.25, -0.2) is 0 Å². The number of hydrogen-bond donors (Lipinski definition) is 1. The number of aryl methyl sites for hydroxylation is 1. The number of nitrogens with zero attached hydrogens (tertiary/aromatic N) is 3. The molecule has 0 unspecified atom stereocenters. The molecule has 0 saturated heterocycles. The second kappa shape index (κ2) is 3.70. The number of nitrogens with one attached hydrogen (secondary N) is 1. The highest BCUT2D eigenvalue weighted by Crippen LogP contribution is 2.22. The SMILES string of the molecule is Cc1nsc(NCC#N)c1C#N. The first-order chi connectivity index (χ1) is 5.79. The predicted molar refractivity (Wildman–Crippen MR) is 45.7 cm³/mol. The van der Waals surface area contributed by atoms with Gasteiger partial charge in [-0.05, 0) is 18.5 Å². The summed E-state index contributed by atoms with van der Waals surface area (Å²) in [5, 5.41) is 20.5. The molecule has 0 atom stereocenters. The molecule has 0 saturated carbocycles. The molecule has 0 aliphatic carbocycles. The maximum atomic E-state index is 8.68. The minimum atomic E-state index is 0.205. The van der Waals surface area contributed by atoms with Gasteiger partial charge in [0.2, 0.25) is 0 Å². The van der Waals surface area contributed by atoms with Crippen LogP contribution in [0.15, 0.2) is 0 Å². The first-order valence-electron chi connectivity index (χ1n) is 3.26. The lowest BCUT2D eigenvalue weighted by Crippen LogP contribution is -1.97. The highest BCUT2D eigenvalue weighted by molar-refractivity contribution is 7.10. The van der Waals surface area contributed by atoms with Crippen molar-refractivity contribution >= 4 is 16.5 Å². The lowest BCUT2D eigenvalue weighted by molar-refractivity contribution is 1.29. The van der Waals surface area contributed by atoms with Crippen LogP contribution in [-0.2, 0) is 0 Å². The summed E-state index contributed by atoms with van der Waals surface area (Å²) in [6, 6.07) is 3.96. The fraction of sp³-hybridized carbons (Fsp3) is 0.286. The van der Waals surface area contributed by atoms with Gasteiger partial charge in [0, 0.05) is 0 Å². The minimum absolute atomic E-state index is 0.205. The summed E-state index contributed by atoms with van der Waals surface area (Å²) in [4.78, 5) is 0. The Balaban J connectivity index is 2.88. The van der Waals surface area contributed by atoms with Crippen molar-refractivity contribution in [1.82, 2.24) is 4.37 Å². The van der Waals surface area contributed by atoms with Gasteiger partial charge in [0.25, 0.3) is 0 Å². The zero-order valence-corrected chi connectivity index (χ0v) is 7.27. The van der Waals surface area contributed by atoms with Crippen LogP contribution in [-0.4, -0.2) is 10.9 Å². The van der Waals surface area contributed by atoms with E-state index in [1.807, 2.05) is 12.1 Å². The number of anilines is 1.